The van der Waals surface area contributed by atoms with E-state index in [0.717, 1.165) is 35.9 Å². The summed E-state index contributed by atoms with van der Waals surface area (Å²) < 4.78 is 7.59. The molecule has 2 heterocycles. The van der Waals surface area contributed by atoms with Gasteiger partial charge in [-0.3, -0.25) is 9.36 Å². The molecule has 27 heavy (non-hydrogen) atoms. The Morgan fingerprint density at radius 1 is 1.22 bits per heavy atom. The predicted octanol–water partition coefficient (Wildman–Crippen LogP) is 4.48. The number of rotatable bonds is 5. The molecule has 1 aliphatic rings. The van der Waals surface area contributed by atoms with Crippen molar-refractivity contribution in [3.8, 4) is 0 Å². The van der Waals surface area contributed by atoms with Crippen molar-refractivity contribution in [1.29, 1.82) is 0 Å². The Balaban J connectivity index is 1.70. The van der Waals surface area contributed by atoms with E-state index in [2.05, 4.69) is 32.0 Å². The number of ether oxygens (including phenoxy) is 1. The molecule has 1 aromatic heterocycles. The van der Waals surface area contributed by atoms with Crippen LogP contribution in [0.2, 0.25) is 0 Å². The second-order valence-electron chi connectivity index (χ2n) is 7.18. The molecule has 0 saturated carbocycles. The van der Waals surface area contributed by atoms with Gasteiger partial charge >= 0.3 is 0 Å². The fraction of sp³-hybridized carbons (Fsp3) is 0.364. The molecule has 1 saturated heterocycles. The first kappa shape index (κ1) is 18.3. The zero-order chi connectivity index (χ0) is 18.8. The maximum Gasteiger partial charge on any atom is 0.262 e. The van der Waals surface area contributed by atoms with Gasteiger partial charge in [0.15, 0.2) is 5.16 Å². The van der Waals surface area contributed by atoms with Crippen molar-refractivity contribution in [3.63, 3.8) is 0 Å². The second kappa shape index (κ2) is 7.87. The summed E-state index contributed by atoms with van der Waals surface area (Å²) in [5.41, 5.74) is 4.58. The van der Waals surface area contributed by atoms with Gasteiger partial charge in [-0.2, -0.15) is 0 Å². The molecule has 4 nitrogen and oxygen atoms in total. The summed E-state index contributed by atoms with van der Waals surface area (Å²) in [6, 6.07) is 14.1. The molecule has 1 fully saturated rings. The minimum Gasteiger partial charge on any atom is -0.376 e. The van der Waals surface area contributed by atoms with E-state index >= 15 is 0 Å². The normalized spacial score (nSPS) is 16.9. The van der Waals surface area contributed by atoms with E-state index in [1.165, 1.54) is 16.7 Å². The number of benzene rings is 2. The van der Waals surface area contributed by atoms with Crippen LogP contribution in [0.25, 0.3) is 10.9 Å². The second-order valence-corrected chi connectivity index (χ2v) is 8.12. The average molecular weight is 381 g/mol. The first-order valence-electron chi connectivity index (χ1n) is 9.42. The number of hydrogen-bond donors (Lipinski definition) is 0. The lowest BCUT2D eigenvalue weighted by Gasteiger charge is -2.17. The van der Waals surface area contributed by atoms with Gasteiger partial charge in [0.05, 0.1) is 23.6 Å². The molecule has 2 aromatic carbocycles. The fourth-order valence-electron chi connectivity index (χ4n) is 3.51. The Kier molecular flexibility index (Phi) is 5.32. The highest BCUT2D eigenvalue weighted by Gasteiger charge is 2.20. The van der Waals surface area contributed by atoms with Crippen molar-refractivity contribution in [3.05, 3.63) is 69.5 Å². The van der Waals surface area contributed by atoms with Crippen LogP contribution in [0.15, 0.2) is 52.4 Å². The quantitative estimate of drug-likeness (QED) is 0.483. The Hall–Kier alpha value is -2.11. The van der Waals surface area contributed by atoms with Gasteiger partial charge in [-0.1, -0.05) is 47.7 Å². The molecule has 1 atom stereocenters. The molecule has 3 aromatic rings. The van der Waals surface area contributed by atoms with Gasteiger partial charge in [0.25, 0.3) is 5.56 Å². The third-order valence-corrected chi connectivity index (χ3v) is 6.12. The van der Waals surface area contributed by atoms with Gasteiger partial charge in [-0.15, -0.1) is 0 Å². The van der Waals surface area contributed by atoms with Crippen molar-refractivity contribution < 1.29 is 4.74 Å². The van der Waals surface area contributed by atoms with Crippen LogP contribution in [-0.4, -0.2) is 22.3 Å². The lowest BCUT2D eigenvalue weighted by Crippen LogP contribution is -2.28. The lowest BCUT2D eigenvalue weighted by molar-refractivity contribution is 0.0937. The third kappa shape index (κ3) is 3.94. The molecule has 0 unspecified atom stereocenters. The van der Waals surface area contributed by atoms with E-state index in [4.69, 9.17) is 9.72 Å². The fourth-order valence-corrected chi connectivity index (χ4v) is 4.58. The van der Waals surface area contributed by atoms with Gasteiger partial charge < -0.3 is 4.74 Å². The summed E-state index contributed by atoms with van der Waals surface area (Å²) in [6.45, 7) is 5.59. The number of fused-ring (bicyclic) bond motifs is 1. The SMILES string of the molecule is Cc1ccc(C)c(CSc2nc3ccccc3c(=O)n2C[C@H]2CCCO2)c1. The van der Waals surface area contributed by atoms with Crippen LogP contribution in [0.1, 0.15) is 29.5 Å². The summed E-state index contributed by atoms with van der Waals surface area (Å²) in [4.78, 5) is 17.9. The Morgan fingerprint density at radius 2 is 2.07 bits per heavy atom. The number of thioether (sulfide) groups is 1. The molecule has 0 amide bonds. The van der Waals surface area contributed by atoms with Crippen LogP contribution in [0.4, 0.5) is 0 Å². The Labute approximate surface area is 163 Å². The lowest BCUT2D eigenvalue weighted by atomic mass is 10.1. The van der Waals surface area contributed by atoms with Crippen LogP contribution < -0.4 is 5.56 Å². The smallest absolute Gasteiger partial charge is 0.262 e. The summed E-state index contributed by atoms with van der Waals surface area (Å²) in [5, 5.41) is 1.45. The minimum atomic E-state index is 0.0274. The molecular weight excluding hydrogens is 356 g/mol. The Morgan fingerprint density at radius 3 is 2.89 bits per heavy atom. The summed E-state index contributed by atoms with van der Waals surface area (Å²) >= 11 is 1.63. The maximum absolute atomic E-state index is 13.1. The molecule has 1 aliphatic heterocycles. The van der Waals surface area contributed by atoms with Crippen molar-refractivity contribution in [2.75, 3.05) is 6.61 Å². The van der Waals surface area contributed by atoms with E-state index in [9.17, 15) is 4.79 Å². The molecule has 140 valence electrons. The van der Waals surface area contributed by atoms with E-state index < -0.39 is 0 Å². The molecule has 0 aliphatic carbocycles. The van der Waals surface area contributed by atoms with E-state index in [1.54, 1.807) is 11.8 Å². The van der Waals surface area contributed by atoms with Crippen molar-refractivity contribution in [2.45, 2.75) is 50.2 Å². The standard InChI is InChI=1S/C22H24N2O2S/c1-15-9-10-16(2)17(12-15)14-27-22-23-20-8-4-3-7-19(20)21(25)24(22)13-18-6-5-11-26-18/h3-4,7-10,12,18H,5-6,11,13-14H2,1-2H3/t18-/m1/s1. The summed E-state index contributed by atoms with van der Waals surface area (Å²) in [7, 11) is 0. The zero-order valence-corrected chi connectivity index (χ0v) is 16.6. The largest absolute Gasteiger partial charge is 0.376 e. The highest BCUT2D eigenvalue weighted by molar-refractivity contribution is 7.98. The zero-order valence-electron chi connectivity index (χ0n) is 15.8. The maximum atomic E-state index is 13.1. The average Bonchev–Trinajstić information content (AvgIpc) is 3.18. The van der Waals surface area contributed by atoms with E-state index in [0.29, 0.717) is 11.9 Å². The van der Waals surface area contributed by atoms with Crippen LogP contribution in [0, 0.1) is 13.8 Å². The van der Waals surface area contributed by atoms with Crippen molar-refractivity contribution >= 4 is 22.7 Å². The summed E-state index contributed by atoms with van der Waals surface area (Å²) in [6.07, 6.45) is 2.16. The van der Waals surface area contributed by atoms with Gasteiger partial charge in [0.2, 0.25) is 0 Å². The summed E-state index contributed by atoms with van der Waals surface area (Å²) in [5.74, 6) is 0.795. The molecular formula is C22H24N2O2S. The van der Waals surface area contributed by atoms with Crippen LogP contribution in [0.5, 0.6) is 0 Å². The topological polar surface area (TPSA) is 44.1 Å². The Bertz CT molecular complexity index is 1020. The monoisotopic (exact) mass is 380 g/mol. The number of aryl methyl sites for hydroxylation is 2. The van der Waals surface area contributed by atoms with E-state index in [1.807, 2.05) is 28.8 Å². The number of nitrogens with zero attached hydrogens (tertiary/aromatic N) is 2. The third-order valence-electron chi connectivity index (χ3n) is 5.10. The van der Waals surface area contributed by atoms with Crippen molar-refractivity contribution in [1.82, 2.24) is 9.55 Å². The first-order valence-corrected chi connectivity index (χ1v) is 10.4. The predicted molar refractivity (Wildman–Crippen MR) is 110 cm³/mol. The van der Waals surface area contributed by atoms with E-state index in [-0.39, 0.29) is 11.7 Å². The molecule has 0 bridgehead atoms. The highest BCUT2D eigenvalue weighted by Crippen LogP contribution is 2.25. The molecule has 0 N–H and O–H groups in total. The van der Waals surface area contributed by atoms with Crippen molar-refractivity contribution in [2.24, 2.45) is 0 Å². The van der Waals surface area contributed by atoms with Crippen LogP contribution in [0.3, 0.4) is 0 Å². The highest BCUT2D eigenvalue weighted by atomic mass is 32.2. The van der Waals surface area contributed by atoms with Crippen LogP contribution >= 0.6 is 11.8 Å². The van der Waals surface area contributed by atoms with Gasteiger partial charge in [0, 0.05) is 12.4 Å². The first-order chi connectivity index (χ1) is 13.1. The minimum absolute atomic E-state index is 0.0274. The molecule has 5 heteroatoms. The van der Waals surface area contributed by atoms with Crippen LogP contribution in [-0.2, 0) is 17.0 Å². The molecule has 0 radical (unpaired) electrons. The molecule has 0 spiro atoms. The molecule has 4 rings (SSSR count). The number of hydrogen-bond acceptors (Lipinski definition) is 4. The number of para-hydroxylation sites is 1. The number of aromatic nitrogens is 2. The van der Waals surface area contributed by atoms with Gasteiger partial charge in [0.1, 0.15) is 0 Å². The van der Waals surface area contributed by atoms with Gasteiger partial charge in [-0.05, 0) is 49.9 Å². The van der Waals surface area contributed by atoms with Gasteiger partial charge in [-0.25, -0.2) is 4.98 Å².